The van der Waals surface area contributed by atoms with Crippen molar-refractivity contribution < 1.29 is 14.5 Å². The van der Waals surface area contributed by atoms with Crippen LogP contribution in [0.3, 0.4) is 0 Å². The predicted molar refractivity (Wildman–Crippen MR) is 112 cm³/mol. The van der Waals surface area contributed by atoms with Gasteiger partial charge in [-0.1, -0.05) is 23.2 Å². The molecule has 2 aromatic carbocycles. The van der Waals surface area contributed by atoms with Crippen LogP contribution in [0.15, 0.2) is 66.4 Å². The Morgan fingerprint density at radius 1 is 0.967 bits per heavy atom. The standard InChI is InChI=1S/C20H12Cl2N4O4/c21-17-8-7-15(11-18(17)22)25-20(28)16(19(27)23-25)10-14-2-1-9-24(14)12-3-5-13(6-4-12)26(29)30/h1-11H,(H,23,27). The van der Waals surface area contributed by atoms with E-state index in [4.69, 9.17) is 23.2 Å². The second kappa shape index (κ2) is 7.66. The first-order chi connectivity index (χ1) is 14.3. The highest BCUT2D eigenvalue weighted by molar-refractivity contribution is 6.42. The summed E-state index contributed by atoms with van der Waals surface area (Å²) in [6, 6.07) is 14.0. The highest BCUT2D eigenvalue weighted by Crippen LogP contribution is 2.29. The lowest BCUT2D eigenvalue weighted by atomic mass is 10.2. The number of hydrogen-bond acceptors (Lipinski definition) is 4. The average molecular weight is 443 g/mol. The number of nitro benzene ring substituents is 1. The molecule has 1 aromatic heterocycles. The van der Waals surface area contributed by atoms with Crippen LogP contribution in [0.5, 0.6) is 0 Å². The molecule has 1 fully saturated rings. The Hall–Kier alpha value is -3.62. The zero-order valence-electron chi connectivity index (χ0n) is 15.1. The third-order valence-electron chi connectivity index (χ3n) is 4.46. The van der Waals surface area contributed by atoms with Crippen LogP contribution < -0.4 is 10.4 Å². The Balaban J connectivity index is 1.66. The third kappa shape index (κ3) is 3.54. The fraction of sp³-hybridized carbons (Fsp3) is 0. The van der Waals surface area contributed by atoms with Gasteiger partial charge in [-0.25, -0.2) is 5.01 Å². The highest BCUT2D eigenvalue weighted by atomic mass is 35.5. The first kappa shape index (κ1) is 19.7. The van der Waals surface area contributed by atoms with E-state index in [1.54, 1.807) is 41.1 Å². The Morgan fingerprint density at radius 2 is 1.67 bits per heavy atom. The number of nitrogens with one attached hydrogen (secondary N) is 1. The van der Waals surface area contributed by atoms with E-state index < -0.39 is 16.7 Å². The van der Waals surface area contributed by atoms with Gasteiger partial charge in [-0.3, -0.25) is 25.1 Å². The molecule has 4 rings (SSSR count). The second-order valence-electron chi connectivity index (χ2n) is 6.31. The molecule has 0 spiro atoms. The topological polar surface area (TPSA) is 97.5 Å². The van der Waals surface area contributed by atoms with Crippen LogP contribution in [0.2, 0.25) is 10.0 Å². The van der Waals surface area contributed by atoms with Crippen molar-refractivity contribution in [2.75, 3.05) is 5.01 Å². The first-order valence-electron chi connectivity index (χ1n) is 8.59. The maximum absolute atomic E-state index is 12.8. The second-order valence-corrected chi connectivity index (χ2v) is 7.13. The van der Waals surface area contributed by atoms with Crippen LogP contribution >= 0.6 is 23.2 Å². The van der Waals surface area contributed by atoms with Crippen LogP contribution in [-0.2, 0) is 9.59 Å². The molecule has 8 nitrogen and oxygen atoms in total. The molecule has 1 saturated heterocycles. The van der Waals surface area contributed by atoms with Gasteiger partial charge in [-0.2, -0.15) is 0 Å². The highest BCUT2D eigenvalue weighted by Gasteiger charge is 2.35. The molecular weight excluding hydrogens is 431 g/mol. The number of rotatable bonds is 4. The number of non-ortho nitro benzene ring substituents is 1. The number of hydrogen-bond donors (Lipinski definition) is 1. The molecule has 150 valence electrons. The van der Waals surface area contributed by atoms with Gasteiger partial charge in [0.2, 0.25) is 0 Å². The van der Waals surface area contributed by atoms with Gasteiger partial charge < -0.3 is 4.57 Å². The molecule has 0 radical (unpaired) electrons. The van der Waals surface area contributed by atoms with Crippen LogP contribution in [0.1, 0.15) is 5.69 Å². The Bertz CT molecular complexity index is 1220. The zero-order valence-corrected chi connectivity index (χ0v) is 16.6. The summed E-state index contributed by atoms with van der Waals surface area (Å²) in [4.78, 5) is 35.6. The summed E-state index contributed by atoms with van der Waals surface area (Å²) in [6.07, 6.45) is 3.18. The van der Waals surface area contributed by atoms with Crippen molar-refractivity contribution >= 4 is 52.5 Å². The summed E-state index contributed by atoms with van der Waals surface area (Å²) in [5.41, 5.74) is 3.97. The van der Waals surface area contributed by atoms with Gasteiger partial charge in [0.25, 0.3) is 17.5 Å². The van der Waals surface area contributed by atoms with Gasteiger partial charge in [0.1, 0.15) is 5.57 Å². The fourth-order valence-corrected chi connectivity index (χ4v) is 3.29. The van der Waals surface area contributed by atoms with Crippen molar-refractivity contribution in [1.82, 2.24) is 9.99 Å². The monoisotopic (exact) mass is 442 g/mol. The van der Waals surface area contributed by atoms with Gasteiger partial charge in [-0.15, -0.1) is 0 Å². The Morgan fingerprint density at radius 3 is 2.33 bits per heavy atom. The van der Waals surface area contributed by atoms with Crippen molar-refractivity contribution in [3.63, 3.8) is 0 Å². The van der Waals surface area contributed by atoms with Crippen LogP contribution in [-0.4, -0.2) is 21.3 Å². The molecule has 0 bridgehead atoms. The van der Waals surface area contributed by atoms with Crippen LogP contribution in [0, 0.1) is 10.1 Å². The Kier molecular flexibility index (Phi) is 5.03. The smallest absolute Gasteiger partial charge is 0.282 e. The number of nitro groups is 1. The van der Waals surface area contributed by atoms with Gasteiger partial charge in [-0.05, 0) is 48.5 Å². The maximum atomic E-state index is 12.8. The molecule has 1 aliphatic rings. The van der Waals surface area contributed by atoms with Gasteiger partial charge in [0.05, 0.1) is 20.7 Å². The lowest BCUT2D eigenvalue weighted by Crippen LogP contribution is -2.35. The Labute approximate surface area is 180 Å². The summed E-state index contributed by atoms with van der Waals surface area (Å²) in [5.74, 6) is -1.11. The normalized spacial score (nSPS) is 15.0. The predicted octanol–water partition coefficient (Wildman–Crippen LogP) is 4.15. The molecule has 1 aliphatic heterocycles. The molecule has 0 atom stereocenters. The number of nitrogens with zero attached hydrogens (tertiary/aromatic N) is 3. The summed E-state index contributed by atoms with van der Waals surface area (Å²) in [7, 11) is 0. The molecular formula is C20H12Cl2N4O4. The molecule has 0 unspecified atom stereocenters. The molecule has 0 saturated carbocycles. The van der Waals surface area contributed by atoms with E-state index in [0.29, 0.717) is 22.1 Å². The SMILES string of the molecule is O=C1NN(c2ccc(Cl)c(Cl)c2)C(=O)C1=Cc1cccn1-c1ccc([N+](=O)[O-])cc1. The lowest BCUT2D eigenvalue weighted by molar-refractivity contribution is -0.384. The minimum Gasteiger partial charge on any atom is -0.317 e. The number of halogens is 2. The molecule has 0 aliphatic carbocycles. The summed E-state index contributed by atoms with van der Waals surface area (Å²) in [6.45, 7) is 0. The third-order valence-corrected chi connectivity index (χ3v) is 5.20. The van der Waals surface area contributed by atoms with Gasteiger partial charge >= 0.3 is 0 Å². The first-order valence-corrected chi connectivity index (χ1v) is 9.35. The number of anilines is 1. The van der Waals surface area contributed by atoms with Gasteiger partial charge in [0, 0.05) is 29.7 Å². The van der Waals surface area contributed by atoms with Crippen molar-refractivity contribution in [2.45, 2.75) is 0 Å². The van der Waals surface area contributed by atoms with E-state index in [9.17, 15) is 19.7 Å². The zero-order chi connectivity index (χ0) is 21.4. The number of hydrazine groups is 1. The van der Waals surface area contributed by atoms with Crippen molar-refractivity contribution in [3.05, 3.63) is 92.2 Å². The molecule has 2 heterocycles. The molecule has 3 aromatic rings. The van der Waals surface area contributed by atoms with Crippen molar-refractivity contribution in [3.8, 4) is 5.69 Å². The van der Waals surface area contributed by atoms with E-state index in [0.717, 1.165) is 5.01 Å². The number of carbonyl (C=O) groups excluding carboxylic acids is 2. The van der Waals surface area contributed by atoms with E-state index in [1.807, 2.05) is 0 Å². The number of amides is 2. The van der Waals surface area contributed by atoms with E-state index in [1.165, 1.54) is 30.3 Å². The average Bonchev–Trinajstić information content (AvgIpc) is 3.30. The molecule has 30 heavy (non-hydrogen) atoms. The van der Waals surface area contributed by atoms with Crippen molar-refractivity contribution in [1.29, 1.82) is 0 Å². The van der Waals surface area contributed by atoms with E-state index in [2.05, 4.69) is 5.43 Å². The molecule has 1 N–H and O–H groups in total. The largest absolute Gasteiger partial charge is 0.317 e. The van der Waals surface area contributed by atoms with Gasteiger partial charge in [0.15, 0.2) is 0 Å². The minimum atomic E-state index is -0.567. The lowest BCUT2D eigenvalue weighted by Gasteiger charge is -2.15. The van der Waals surface area contributed by atoms with E-state index in [-0.39, 0.29) is 16.3 Å². The number of benzene rings is 2. The molecule has 10 heteroatoms. The van der Waals surface area contributed by atoms with Crippen LogP contribution in [0.4, 0.5) is 11.4 Å². The number of carbonyl (C=O) groups is 2. The number of aromatic nitrogens is 1. The summed E-state index contributed by atoms with van der Waals surface area (Å²) >= 11 is 11.9. The summed E-state index contributed by atoms with van der Waals surface area (Å²) < 4.78 is 1.71. The van der Waals surface area contributed by atoms with Crippen molar-refractivity contribution in [2.24, 2.45) is 0 Å². The maximum Gasteiger partial charge on any atom is 0.282 e. The molecule has 2 amide bonds. The van der Waals surface area contributed by atoms with E-state index >= 15 is 0 Å². The fourth-order valence-electron chi connectivity index (χ4n) is 2.99. The quantitative estimate of drug-likeness (QED) is 0.284. The summed E-state index contributed by atoms with van der Waals surface area (Å²) in [5, 5.41) is 12.5. The van der Waals surface area contributed by atoms with Crippen LogP contribution in [0.25, 0.3) is 11.8 Å². The minimum absolute atomic E-state index is 0.0339.